The van der Waals surface area contributed by atoms with Crippen molar-refractivity contribution in [3.63, 3.8) is 0 Å². The van der Waals surface area contributed by atoms with Gasteiger partial charge in [-0.25, -0.2) is 0 Å². The van der Waals surface area contributed by atoms with Crippen molar-refractivity contribution in [1.82, 2.24) is 10.3 Å². The summed E-state index contributed by atoms with van der Waals surface area (Å²) >= 11 is 0. The van der Waals surface area contributed by atoms with E-state index in [0.717, 1.165) is 37.4 Å². The second kappa shape index (κ2) is 6.85. The Morgan fingerprint density at radius 1 is 1.24 bits per heavy atom. The van der Waals surface area contributed by atoms with Gasteiger partial charge in [0.15, 0.2) is 5.79 Å². The normalized spacial score (nSPS) is 19.3. The van der Waals surface area contributed by atoms with Crippen molar-refractivity contribution in [1.29, 1.82) is 0 Å². The van der Waals surface area contributed by atoms with Crippen LogP contribution in [0.15, 0.2) is 41.3 Å². The molecule has 1 spiro atoms. The number of nitrogens with zero attached hydrogens (tertiary/aromatic N) is 2. The molecule has 4 rings (SSSR count). The number of anilines is 1. The molecule has 0 aliphatic carbocycles. The molecule has 4 heterocycles. The Bertz CT molecular complexity index is 716. The number of carbonyl (C=O) groups excluding carboxylic acids is 1. The molecule has 0 atom stereocenters. The van der Waals surface area contributed by atoms with Crippen LogP contribution in [0.5, 0.6) is 0 Å². The SMILES string of the molecule is O=C(NCc1ccco1)c1cncc(N2CCC3(CC2)OCCO3)c1. The van der Waals surface area contributed by atoms with E-state index >= 15 is 0 Å². The van der Waals surface area contributed by atoms with Crippen LogP contribution < -0.4 is 10.2 Å². The first-order valence-corrected chi connectivity index (χ1v) is 8.53. The molecule has 25 heavy (non-hydrogen) atoms. The van der Waals surface area contributed by atoms with Crippen LogP contribution in [0.4, 0.5) is 5.69 Å². The van der Waals surface area contributed by atoms with Crippen LogP contribution in [0.1, 0.15) is 29.0 Å². The standard InChI is InChI=1S/C18H21N3O4/c22-17(20-13-16-2-1-7-23-16)14-10-15(12-19-11-14)21-5-3-18(4-6-21)24-8-9-25-18/h1-2,7,10-12H,3-6,8-9,13H2,(H,20,22). The van der Waals surface area contributed by atoms with E-state index in [0.29, 0.717) is 25.3 Å². The Balaban J connectivity index is 1.38. The second-order valence-electron chi connectivity index (χ2n) is 6.29. The summed E-state index contributed by atoms with van der Waals surface area (Å²) in [6, 6.07) is 5.50. The number of rotatable bonds is 4. The van der Waals surface area contributed by atoms with E-state index in [9.17, 15) is 4.79 Å². The first kappa shape index (κ1) is 16.1. The molecule has 2 aliphatic heterocycles. The molecule has 132 valence electrons. The number of hydrogen-bond acceptors (Lipinski definition) is 6. The van der Waals surface area contributed by atoms with Crippen molar-refractivity contribution >= 4 is 11.6 Å². The highest BCUT2D eigenvalue weighted by Crippen LogP contribution is 2.33. The molecule has 2 aliphatic rings. The zero-order valence-corrected chi connectivity index (χ0v) is 13.9. The molecule has 7 nitrogen and oxygen atoms in total. The first-order chi connectivity index (χ1) is 12.2. The fourth-order valence-corrected chi connectivity index (χ4v) is 3.30. The summed E-state index contributed by atoms with van der Waals surface area (Å²) in [6.45, 7) is 3.34. The molecule has 1 amide bonds. The summed E-state index contributed by atoms with van der Waals surface area (Å²) in [5.41, 5.74) is 1.48. The zero-order chi connectivity index (χ0) is 17.1. The largest absolute Gasteiger partial charge is 0.467 e. The summed E-state index contributed by atoms with van der Waals surface area (Å²) < 4.78 is 16.7. The van der Waals surface area contributed by atoms with Crippen molar-refractivity contribution in [2.45, 2.75) is 25.2 Å². The smallest absolute Gasteiger partial charge is 0.253 e. The molecule has 0 saturated carbocycles. The molecule has 0 unspecified atom stereocenters. The maximum Gasteiger partial charge on any atom is 0.253 e. The van der Waals surface area contributed by atoms with E-state index in [4.69, 9.17) is 13.9 Å². The van der Waals surface area contributed by atoms with Gasteiger partial charge in [-0.05, 0) is 18.2 Å². The van der Waals surface area contributed by atoms with Gasteiger partial charge >= 0.3 is 0 Å². The molecule has 0 bridgehead atoms. The molecule has 1 N–H and O–H groups in total. The van der Waals surface area contributed by atoms with Crippen LogP contribution >= 0.6 is 0 Å². The van der Waals surface area contributed by atoms with Gasteiger partial charge in [-0.15, -0.1) is 0 Å². The lowest BCUT2D eigenvalue weighted by Gasteiger charge is -2.38. The molecule has 7 heteroatoms. The molecule has 0 aromatic carbocycles. The Kier molecular flexibility index (Phi) is 4.42. The maximum atomic E-state index is 12.3. The molecule has 2 saturated heterocycles. The van der Waals surface area contributed by atoms with Gasteiger partial charge in [0.1, 0.15) is 5.76 Å². The second-order valence-corrected chi connectivity index (χ2v) is 6.29. The van der Waals surface area contributed by atoms with Crippen molar-refractivity contribution < 1.29 is 18.7 Å². The van der Waals surface area contributed by atoms with Crippen molar-refractivity contribution in [3.8, 4) is 0 Å². The fraction of sp³-hybridized carbons (Fsp3) is 0.444. The van der Waals surface area contributed by atoms with E-state index in [1.54, 1.807) is 24.7 Å². The minimum absolute atomic E-state index is 0.165. The number of amides is 1. The number of nitrogens with one attached hydrogen (secondary N) is 1. The zero-order valence-electron chi connectivity index (χ0n) is 13.9. The predicted molar refractivity (Wildman–Crippen MR) is 90.2 cm³/mol. The summed E-state index contributed by atoms with van der Waals surface area (Å²) in [6.07, 6.45) is 6.60. The van der Waals surface area contributed by atoms with Gasteiger partial charge < -0.3 is 24.1 Å². The van der Waals surface area contributed by atoms with Crippen LogP contribution in [-0.2, 0) is 16.0 Å². The third kappa shape index (κ3) is 3.52. The number of furan rings is 1. The molecular weight excluding hydrogens is 322 g/mol. The number of pyridine rings is 1. The summed E-state index contributed by atoms with van der Waals surface area (Å²) in [5.74, 6) is 0.152. The minimum Gasteiger partial charge on any atom is -0.467 e. The third-order valence-electron chi connectivity index (χ3n) is 4.69. The first-order valence-electron chi connectivity index (χ1n) is 8.53. The minimum atomic E-state index is -0.401. The Morgan fingerprint density at radius 2 is 2.04 bits per heavy atom. The molecule has 2 aromatic heterocycles. The van der Waals surface area contributed by atoms with Gasteiger partial charge in [0, 0.05) is 32.1 Å². The van der Waals surface area contributed by atoms with E-state index in [1.807, 2.05) is 12.1 Å². The maximum absolute atomic E-state index is 12.3. The number of piperidine rings is 1. The van der Waals surface area contributed by atoms with Crippen LogP contribution in [0, 0.1) is 0 Å². The Hall–Kier alpha value is -2.38. The van der Waals surface area contributed by atoms with Crippen molar-refractivity contribution in [3.05, 3.63) is 48.2 Å². The lowest BCUT2D eigenvalue weighted by molar-refractivity contribution is -0.169. The van der Waals surface area contributed by atoms with E-state index < -0.39 is 5.79 Å². The topological polar surface area (TPSA) is 76.8 Å². The van der Waals surface area contributed by atoms with Gasteiger partial charge in [-0.1, -0.05) is 0 Å². The van der Waals surface area contributed by atoms with Crippen LogP contribution in [0.25, 0.3) is 0 Å². The number of carbonyl (C=O) groups is 1. The predicted octanol–water partition coefficient (Wildman–Crippen LogP) is 1.95. The molecule has 2 fully saturated rings. The van der Waals surface area contributed by atoms with Crippen LogP contribution in [0.3, 0.4) is 0 Å². The van der Waals surface area contributed by atoms with Crippen molar-refractivity contribution in [2.24, 2.45) is 0 Å². The quantitative estimate of drug-likeness (QED) is 0.914. The molecular formula is C18H21N3O4. The summed E-state index contributed by atoms with van der Waals surface area (Å²) in [5, 5.41) is 2.84. The molecule has 0 radical (unpaired) electrons. The van der Waals surface area contributed by atoms with Crippen LogP contribution in [-0.4, -0.2) is 43.0 Å². The van der Waals surface area contributed by atoms with Gasteiger partial charge in [0.05, 0.1) is 43.5 Å². The van der Waals surface area contributed by atoms with E-state index in [2.05, 4.69) is 15.2 Å². The van der Waals surface area contributed by atoms with Gasteiger partial charge in [0.25, 0.3) is 5.91 Å². The van der Waals surface area contributed by atoms with Gasteiger partial charge in [-0.2, -0.15) is 0 Å². The lowest BCUT2D eigenvalue weighted by atomic mass is 10.0. The highest BCUT2D eigenvalue weighted by Gasteiger charge is 2.39. The van der Waals surface area contributed by atoms with Gasteiger partial charge in [0.2, 0.25) is 0 Å². The highest BCUT2D eigenvalue weighted by atomic mass is 16.7. The lowest BCUT2D eigenvalue weighted by Crippen LogP contribution is -2.45. The monoisotopic (exact) mass is 343 g/mol. The summed E-state index contributed by atoms with van der Waals surface area (Å²) in [7, 11) is 0. The summed E-state index contributed by atoms with van der Waals surface area (Å²) in [4.78, 5) is 18.8. The fourth-order valence-electron chi connectivity index (χ4n) is 3.30. The average Bonchev–Trinajstić information content (AvgIpc) is 3.33. The highest BCUT2D eigenvalue weighted by molar-refractivity contribution is 5.94. The Labute approximate surface area is 145 Å². The van der Waals surface area contributed by atoms with Crippen LogP contribution in [0.2, 0.25) is 0 Å². The molecule has 2 aromatic rings. The Morgan fingerprint density at radius 3 is 2.76 bits per heavy atom. The third-order valence-corrected chi connectivity index (χ3v) is 4.69. The van der Waals surface area contributed by atoms with Crippen molar-refractivity contribution in [2.75, 3.05) is 31.2 Å². The average molecular weight is 343 g/mol. The number of hydrogen-bond donors (Lipinski definition) is 1. The number of aromatic nitrogens is 1. The van der Waals surface area contributed by atoms with E-state index in [-0.39, 0.29) is 5.91 Å². The number of ether oxygens (including phenoxy) is 2. The van der Waals surface area contributed by atoms with E-state index in [1.165, 1.54) is 0 Å². The van der Waals surface area contributed by atoms with Gasteiger partial charge in [-0.3, -0.25) is 9.78 Å².